The van der Waals surface area contributed by atoms with Crippen LogP contribution in [0.4, 0.5) is 5.82 Å². The van der Waals surface area contributed by atoms with Gasteiger partial charge in [0.1, 0.15) is 11.9 Å². The molecule has 0 bridgehead atoms. The molecule has 2 heterocycles. The maximum absolute atomic E-state index is 8.80. The van der Waals surface area contributed by atoms with Crippen LogP contribution < -0.4 is 0 Å². The lowest BCUT2D eigenvalue weighted by Crippen LogP contribution is -1.81. The summed E-state index contributed by atoms with van der Waals surface area (Å²) in [6, 6.07) is 2.14. The van der Waals surface area contributed by atoms with Crippen molar-refractivity contribution in [3.05, 3.63) is 29.0 Å². The number of allylic oxidation sites excluding steroid dienone is 2. The minimum absolute atomic E-state index is 0.693. The van der Waals surface area contributed by atoms with Gasteiger partial charge in [-0.15, -0.1) is 0 Å². The van der Waals surface area contributed by atoms with Crippen molar-refractivity contribution < 1.29 is 0 Å². The topological polar surface area (TPSA) is 51.9 Å². The van der Waals surface area contributed by atoms with E-state index in [0.29, 0.717) is 5.56 Å². The van der Waals surface area contributed by atoms with Crippen molar-refractivity contribution in [3.8, 4) is 6.07 Å². The van der Waals surface area contributed by atoms with Crippen LogP contribution in [0.1, 0.15) is 18.1 Å². The predicted octanol–water partition coefficient (Wildman–Crippen LogP) is 2.09. The number of aromatic nitrogens is 1. The molecular formula is C10H9N3. The number of H-pyrrole nitrogens is 1. The summed E-state index contributed by atoms with van der Waals surface area (Å²) < 4.78 is 0. The lowest BCUT2D eigenvalue weighted by atomic mass is 10.1. The summed E-state index contributed by atoms with van der Waals surface area (Å²) in [6.07, 6.45) is 6.37. The molecule has 0 atom stereocenters. The first-order valence-corrected chi connectivity index (χ1v) is 4.12. The Morgan fingerprint density at radius 3 is 3.23 bits per heavy atom. The molecule has 0 unspecified atom stereocenters. The number of rotatable bonds is 0. The van der Waals surface area contributed by atoms with E-state index in [0.717, 1.165) is 23.4 Å². The highest BCUT2D eigenvalue weighted by atomic mass is 14.9. The van der Waals surface area contributed by atoms with Gasteiger partial charge in [-0.2, -0.15) is 5.26 Å². The highest BCUT2D eigenvalue weighted by Gasteiger charge is 2.10. The van der Waals surface area contributed by atoms with Gasteiger partial charge in [-0.3, -0.25) is 0 Å². The zero-order valence-electron chi connectivity index (χ0n) is 7.33. The molecule has 0 fully saturated rings. The first kappa shape index (κ1) is 7.81. The fraction of sp³-hybridized carbons (Fsp3) is 0.200. The summed E-state index contributed by atoms with van der Waals surface area (Å²) >= 11 is 0. The third-order valence-corrected chi connectivity index (χ3v) is 2.11. The Bertz CT molecular complexity index is 430. The molecule has 13 heavy (non-hydrogen) atoms. The van der Waals surface area contributed by atoms with Gasteiger partial charge in [0.25, 0.3) is 0 Å². The van der Waals surface area contributed by atoms with E-state index >= 15 is 0 Å². The number of nitrogens with one attached hydrogen (secondary N) is 1. The lowest BCUT2D eigenvalue weighted by molar-refractivity contribution is 1.24. The highest BCUT2D eigenvalue weighted by Crippen LogP contribution is 2.24. The molecule has 64 valence electrons. The molecule has 0 radical (unpaired) electrons. The lowest BCUT2D eigenvalue weighted by Gasteiger charge is -1.92. The van der Waals surface area contributed by atoms with Crippen LogP contribution in [-0.2, 0) is 6.42 Å². The normalized spacial score (nSPS) is 14.3. The third-order valence-electron chi connectivity index (χ3n) is 2.11. The molecule has 1 aliphatic rings. The van der Waals surface area contributed by atoms with Crippen LogP contribution in [0.25, 0.3) is 0 Å². The predicted molar refractivity (Wildman–Crippen MR) is 51.1 cm³/mol. The summed E-state index contributed by atoms with van der Waals surface area (Å²) in [7, 11) is 0. The smallest absolute Gasteiger partial charge is 0.134 e. The number of nitriles is 1. The minimum atomic E-state index is 0.693. The van der Waals surface area contributed by atoms with Gasteiger partial charge in [-0.25, -0.2) is 4.99 Å². The zero-order chi connectivity index (χ0) is 9.26. The number of fused-ring (bicyclic) bond motifs is 1. The van der Waals surface area contributed by atoms with Gasteiger partial charge < -0.3 is 4.98 Å². The maximum atomic E-state index is 8.80. The second-order valence-corrected chi connectivity index (χ2v) is 3.05. The molecular weight excluding hydrogens is 162 g/mol. The maximum Gasteiger partial charge on any atom is 0.134 e. The number of nitrogens with zero attached hydrogens (tertiary/aromatic N) is 2. The molecule has 0 saturated heterocycles. The van der Waals surface area contributed by atoms with E-state index in [9.17, 15) is 0 Å². The Kier molecular flexibility index (Phi) is 1.75. The molecule has 0 aliphatic carbocycles. The molecule has 2 rings (SSSR count). The van der Waals surface area contributed by atoms with Crippen molar-refractivity contribution in [1.29, 1.82) is 5.26 Å². The van der Waals surface area contributed by atoms with Crippen LogP contribution in [0.3, 0.4) is 0 Å². The van der Waals surface area contributed by atoms with Crippen molar-refractivity contribution in [1.82, 2.24) is 4.98 Å². The summed E-state index contributed by atoms with van der Waals surface area (Å²) in [6.45, 7) is 2.00. The van der Waals surface area contributed by atoms with E-state index in [1.807, 2.05) is 13.1 Å². The van der Waals surface area contributed by atoms with E-state index < -0.39 is 0 Å². The Balaban J connectivity index is 2.53. The Morgan fingerprint density at radius 1 is 1.62 bits per heavy atom. The van der Waals surface area contributed by atoms with Crippen molar-refractivity contribution in [2.75, 3.05) is 0 Å². The van der Waals surface area contributed by atoms with Crippen molar-refractivity contribution in [2.45, 2.75) is 13.3 Å². The Labute approximate surface area is 76.4 Å². The SMILES string of the molecule is CC1=CCc2c(C#N)c[nH]c2N=C1. The van der Waals surface area contributed by atoms with Crippen molar-refractivity contribution >= 4 is 12.0 Å². The number of aliphatic imine (C=N–C) groups is 1. The van der Waals surface area contributed by atoms with Crippen molar-refractivity contribution in [3.63, 3.8) is 0 Å². The number of aromatic amines is 1. The average Bonchev–Trinajstić information content (AvgIpc) is 2.45. The van der Waals surface area contributed by atoms with Gasteiger partial charge in [-0.05, 0) is 18.9 Å². The largest absolute Gasteiger partial charge is 0.345 e. The Morgan fingerprint density at radius 2 is 2.46 bits per heavy atom. The molecule has 1 aliphatic heterocycles. The van der Waals surface area contributed by atoms with Crippen LogP contribution in [-0.4, -0.2) is 11.2 Å². The van der Waals surface area contributed by atoms with E-state index in [2.05, 4.69) is 22.1 Å². The standard InChI is InChI=1S/C10H9N3/c1-7-2-3-9-8(4-11)6-13-10(9)12-5-7/h2,5-6,13H,3H2,1H3. The quantitative estimate of drug-likeness (QED) is 0.638. The van der Waals surface area contributed by atoms with Crippen LogP contribution in [0, 0.1) is 11.3 Å². The summed E-state index contributed by atoms with van der Waals surface area (Å²) in [5, 5.41) is 8.80. The van der Waals surface area contributed by atoms with E-state index in [4.69, 9.17) is 5.26 Å². The highest BCUT2D eigenvalue weighted by molar-refractivity contribution is 5.81. The summed E-state index contributed by atoms with van der Waals surface area (Å²) in [5.41, 5.74) is 2.82. The minimum Gasteiger partial charge on any atom is -0.345 e. The second-order valence-electron chi connectivity index (χ2n) is 3.05. The molecule has 0 aromatic carbocycles. The summed E-state index contributed by atoms with van der Waals surface area (Å²) in [4.78, 5) is 7.22. The van der Waals surface area contributed by atoms with Crippen LogP contribution >= 0.6 is 0 Å². The van der Waals surface area contributed by atoms with Gasteiger partial charge in [0.2, 0.25) is 0 Å². The summed E-state index contributed by atoms with van der Waals surface area (Å²) in [5.74, 6) is 0.810. The van der Waals surface area contributed by atoms with Gasteiger partial charge >= 0.3 is 0 Å². The van der Waals surface area contributed by atoms with Gasteiger partial charge in [0.15, 0.2) is 0 Å². The monoisotopic (exact) mass is 171 g/mol. The van der Waals surface area contributed by atoms with Crippen molar-refractivity contribution in [2.24, 2.45) is 4.99 Å². The van der Waals surface area contributed by atoms with Gasteiger partial charge in [0, 0.05) is 18.0 Å². The molecule has 0 spiro atoms. The molecule has 1 N–H and O–H groups in total. The second kappa shape index (κ2) is 2.91. The fourth-order valence-corrected chi connectivity index (χ4v) is 1.35. The van der Waals surface area contributed by atoms with Crippen LogP contribution in [0.2, 0.25) is 0 Å². The zero-order valence-corrected chi connectivity index (χ0v) is 7.33. The van der Waals surface area contributed by atoms with Crippen LogP contribution in [0.15, 0.2) is 22.8 Å². The first-order chi connectivity index (χ1) is 6.31. The van der Waals surface area contributed by atoms with E-state index in [1.165, 1.54) is 0 Å². The Hall–Kier alpha value is -1.82. The van der Waals surface area contributed by atoms with Gasteiger partial charge in [-0.1, -0.05) is 6.08 Å². The fourth-order valence-electron chi connectivity index (χ4n) is 1.35. The first-order valence-electron chi connectivity index (χ1n) is 4.12. The molecule has 0 saturated carbocycles. The molecule has 1 aromatic heterocycles. The third kappa shape index (κ3) is 1.27. The number of hydrogen-bond acceptors (Lipinski definition) is 2. The molecule has 3 heteroatoms. The van der Waals surface area contributed by atoms with Gasteiger partial charge in [0.05, 0.1) is 5.56 Å². The van der Waals surface area contributed by atoms with Crippen LogP contribution in [0.5, 0.6) is 0 Å². The number of hydrogen-bond donors (Lipinski definition) is 1. The van der Waals surface area contributed by atoms with E-state index in [-0.39, 0.29) is 0 Å². The van der Waals surface area contributed by atoms with E-state index in [1.54, 1.807) is 6.20 Å². The molecule has 1 aromatic rings. The molecule has 3 nitrogen and oxygen atoms in total. The average molecular weight is 171 g/mol. The molecule has 0 amide bonds.